The predicted molar refractivity (Wildman–Crippen MR) is 36.0 cm³/mol. The van der Waals surface area contributed by atoms with Gasteiger partial charge in [-0.15, -0.1) is 0 Å². The van der Waals surface area contributed by atoms with Crippen LogP contribution >= 0.6 is 0 Å². The fourth-order valence-corrected chi connectivity index (χ4v) is 1.58. The summed E-state index contributed by atoms with van der Waals surface area (Å²) in [6, 6.07) is 0. The molecule has 0 bridgehead atoms. The Hall–Kier alpha value is -1.27. The Labute approximate surface area is 76.4 Å². The van der Waals surface area contributed by atoms with Gasteiger partial charge in [-0.3, -0.25) is 4.79 Å². The molecular formula is C7H6F3NO3. The molecule has 4 nitrogen and oxygen atoms in total. The van der Waals surface area contributed by atoms with Gasteiger partial charge in [-0.2, -0.15) is 13.2 Å². The lowest BCUT2D eigenvalue weighted by atomic mass is 10.3. The number of fused-ring (bicyclic) bond motifs is 1. The van der Waals surface area contributed by atoms with Gasteiger partial charge in [0.15, 0.2) is 5.60 Å². The van der Waals surface area contributed by atoms with Crippen LogP contribution in [0.25, 0.3) is 0 Å². The molecule has 1 saturated heterocycles. The van der Waals surface area contributed by atoms with Gasteiger partial charge in [0, 0.05) is 18.9 Å². The van der Waals surface area contributed by atoms with Crippen molar-refractivity contribution in [3.8, 4) is 0 Å². The number of piperidine rings is 1. The van der Waals surface area contributed by atoms with E-state index < -0.39 is 23.7 Å². The van der Waals surface area contributed by atoms with Crippen LogP contribution in [0.3, 0.4) is 0 Å². The molecule has 1 aliphatic heterocycles. The second-order valence-corrected chi connectivity index (χ2v) is 3.39. The highest BCUT2D eigenvalue weighted by molar-refractivity contribution is 5.94. The molecule has 2 rings (SSSR count). The van der Waals surface area contributed by atoms with E-state index in [0.29, 0.717) is 0 Å². The van der Waals surface area contributed by atoms with E-state index in [9.17, 15) is 22.8 Å². The SMILES string of the molecule is O=C(OC12CC1CNC2=O)C(F)(F)F. The number of nitrogens with one attached hydrogen (secondary N) is 1. The molecule has 14 heavy (non-hydrogen) atoms. The Morgan fingerprint density at radius 2 is 2.21 bits per heavy atom. The highest BCUT2D eigenvalue weighted by atomic mass is 19.4. The molecular weight excluding hydrogens is 203 g/mol. The maximum absolute atomic E-state index is 11.8. The first-order chi connectivity index (χ1) is 6.36. The summed E-state index contributed by atoms with van der Waals surface area (Å²) in [6.07, 6.45) is -4.84. The fourth-order valence-electron chi connectivity index (χ4n) is 1.58. The lowest BCUT2D eigenvalue weighted by Gasteiger charge is -2.13. The number of amides is 1. The molecule has 1 aliphatic carbocycles. The van der Waals surface area contributed by atoms with Crippen LogP contribution in [0.2, 0.25) is 0 Å². The quantitative estimate of drug-likeness (QED) is 0.617. The Morgan fingerprint density at radius 3 is 2.57 bits per heavy atom. The second-order valence-electron chi connectivity index (χ2n) is 3.39. The minimum atomic E-state index is -5.04. The molecule has 2 fully saturated rings. The van der Waals surface area contributed by atoms with Crippen molar-refractivity contribution in [3.05, 3.63) is 0 Å². The number of ether oxygens (including phenoxy) is 1. The van der Waals surface area contributed by atoms with Gasteiger partial charge in [0.25, 0.3) is 5.91 Å². The van der Waals surface area contributed by atoms with Crippen LogP contribution in [0.5, 0.6) is 0 Å². The van der Waals surface area contributed by atoms with Gasteiger partial charge in [0.05, 0.1) is 0 Å². The maximum atomic E-state index is 11.8. The first kappa shape index (κ1) is 9.29. The summed E-state index contributed by atoms with van der Waals surface area (Å²) in [7, 11) is 0. The molecule has 0 spiro atoms. The number of carbonyl (C=O) groups excluding carboxylic acids is 2. The highest BCUT2D eigenvalue weighted by Crippen LogP contribution is 2.50. The van der Waals surface area contributed by atoms with Gasteiger partial charge in [0.1, 0.15) is 0 Å². The van der Waals surface area contributed by atoms with Crippen molar-refractivity contribution in [1.29, 1.82) is 0 Å². The van der Waals surface area contributed by atoms with E-state index in [2.05, 4.69) is 10.1 Å². The van der Waals surface area contributed by atoms with Crippen LogP contribution in [-0.4, -0.2) is 30.2 Å². The van der Waals surface area contributed by atoms with Crippen molar-refractivity contribution in [2.75, 3.05) is 6.54 Å². The molecule has 2 aliphatic rings. The van der Waals surface area contributed by atoms with Crippen LogP contribution < -0.4 is 5.32 Å². The van der Waals surface area contributed by atoms with E-state index in [0.717, 1.165) is 0 Å². The van der Waals surface area contributed by atoms with Gasteiger partial charge >= 0.3 is 12.1 Å². The second kappa shape index (κ2) is 2.40. The van der Waals surface area contributed by atoms with Crippen LogP contribution in [0.4, 0.5) is 13.2 Å². The summed E-state index contributed by atoms with van der Waals surface area (Å²) in [5.41, 5.74) is -1.52. The summed E-state index contributed by atoms with van der Waals surface area (Å²) >= 11 is 0. The largest absolute Gasteiger partial charge is 0.490 e. The summed E-state index contributed by atoms with van der Waals surface area (Å²) in [4.78, 5) is 21.5. The van der Waals surface area contributed by atoms with Crippen molar-refractivity contribution in [2.24, 2.45) is 5.92 Å². The molecule has 2 atom stereocenters. The number of halogens is 3. The number of rotatable bonds is 1. The van der Waals surface area contributed by atoms with E-state index in [1.54, 1.807) is 0 Å². The Kier molecular flexibility index (Phi) is 1.59. The predicted octanol–water partition coefficient (Wildman–Crippen LogP) is -0.0196. The van der Waals surface area contributed by atoms with Gasteiger partial charge in [0.2, 0.25) is 0 Å². The van der Waals surface area contributed by atoms with Crippen molar-refractivity contribution in [3.63, 3.8) is 0 Å². The van der Waals surface area contributed by atoms with Crippen LogP contribution in [0.15, 0.2) is 0 Å². The molecule has 1 saturated carbocycles. The molecule has 0 aromatic heterocycles. The number of hydrogen-bond acceptors (Lipinski definition) is 3. The lowest BCUT2D eigenvalue weighted by Crippen LogP contribution is -2.38. The van der Waals surface area contributed by atoms with Crippen molar-refractivity contribution >= 4 is 11.9 Å². The number of carbonyl (C=O) groups is 2. The van der Waals surface area contributed by atoms with Gasteiger partial charge in [-0.25, -0.2) is 4.79 Å². The zero-order chi connectivity index (χ0) is 10.6. The van der Waals surface area contributed by atoms with Crippen LogP contribution in [-0.2, 0) is 14.3 Å². The fraction of sp³-hybridized carbons (Fsp3) is 0.714. The summed E-state index contributed by atoms with van der Waals surface area (Å²) in [5.74, 6) is -3.21. The smallest absolute Gasteiger partial charge is 0.442 e. The minimum Gasteiger partial charge on any atom is -0.442 e. The normalized spacial score (nSPS) is 34.8. The van der Waals surface area contributed by atoms with Crippen LogP contribution in [0, 0.1) is 5.92 Å². The third kappa shape index (κ3) is 1.15. The monoisotopic (exact) mass is 209 g/mol. The maximum Gasteiger partial charge on any atom is 0.490 e. The van der Waals surface area contributed by atoms with E-state index in [1.165, 1.54) is 0 Å². The topological polar surface area (TPSA) is 55.4 Å². The zero-order valence-electron chi connectivity index (χ0n) is 6.85. The van der Waals surface area contributed by atoms with Gasteiger partial charge < -0.3 is 10.1 Å². The Morgan fingerprint density at radius 1 is 1.57 bits per heavy atom. The number of hydrogen-bond donors (Lipinski definition) is 1. The third-order valence-electron chi connectivity index (χ3n) is 2.45. The van der Waals surface area contributed by atoms with Gasteiger partial charge in [-0.05, 0) is 0 Å². The van der Waals surface area contributed by atoms with E-state index in [-0.39, 0.29) is 18.9 Å². The molecule has 2 unspecified atom stereocenters. The molecule has 7 heteroatoms. The van der Waals surface area contributed by atoms with Crippen molar-refractivity contribution < 1.29 is 27.5 Å². The van der Waals surface area contributed by atoms with Crippen molar-refractivity contribution in [2.45, 2.75) is 18.2 Å². The van der Waals surface area contributed by atoms with Crippen molar-refractivity contribution in [1.82, 2.24) is 5.32 Å². The van der Waals surface area contributed by atoms with E-state index >= 15 is 0 Å². The lowest BCUT2D eigenvalue weighted by molar-refractivity contribution is -0.207. The van der Waals surface area contributed by atoms with E-state index in [4.69, 9.17) is 0 Å². The minimum absolute atomic E-state index is 0.195. The zero-order valence-corrected chi connectivity index (χ0v) is 6.85. The molecule has 1 amide bonds. The van der Waals surface area contributed by atoms with Gasteiger partial charge in [-0.1, -0.05) is 0 Å². The van der Waals surface area contributed by atoms with Crippen LogP contribution in [0.1, 0.15) is 6.42 Å². The molecule has 0 aromatic rings. The number of alkyl halides is 3. The Bertz CT molecular complexity index is 314. The third-order valence-corrected chi connectivity index (χ3v) is 2.45. The molecule has 1 heterocycles. The summed E-state index contributed by atoms with van der Waals surface area (Å²) in [6.45, 7) is 0.282. The first-order valence-corrected chi connectivity index (χ1v) is 3.95. The molecule has 1 N–H and O–H groups in total. The average molecular weight is 209 g/mol. The Balaban J connectivity index is 2.06. The highest BCUT2D eigenvalue weighted by Gasteiger charge is 2.69. The summed E-state index contributed by atoms with van der Waals surface area (Å²) < 4.78 is 39.6. The standard InChI is InChI=1S/C7H6F3NO3/c8-7(9,10)5(13)14-6-1-3(6)2-11-4(6)12/h3H,1-2H2,(H,11,12). The average Bonchev–Trinajstić information content (AvgIpc) is 2.67. The molecule has 0 aromatic carbocycles. The summed E-state index contributed by atoms with van der Waals surface area (Å²) in [5, 5.41) is 2.33. The molecule has 78 valence electrons. The number of esters is 1. The first-order valence-electron chi connectivity index (χ1n) is 3.95. The molecule has 0 radical (unpaired) electrons. The van der Waals surface area contributed by atoms with E-state index in [1.807, 2.05) is 0 Å².